The maximum atomic E-state index is 11.6. The predicted octanol–water partition coefficient (Wildman–Crippen LogP) is 2.47. The summed E-state index contributed by atoms with van der Waals surface area (Å²) in [6.45, 7) is 7.72. The second-order valence-electron chi connectivity index (χ2n) is 5.60. The van der Waals surface area contributed by atoms with Gasteiger partial charge in [0.2, 0.25) is 0 Å². The second kappa shape index (κ2) is 6.68. The lowest BCUT2D eigenvalue weighted by atomic mass is 10.1. The zero-order valence-electron chi connectivity index (χ0n) is 12.7. The Bertz CT molecular complexity index is 494. The summed E-state index contributed by atoms with van der Waals surface area (Å²) in [5.74, 6) is 0.0915. The fourth-order valence-electron chi connectivity index (χ4n) is 1.96. The SMILES string of the molecule is C=C(C)C(=O)Oc1ccccc1C[N+](C)(C)C(O)CC. The lowest BCUT2D eigenvalue weighted by molar-refractivity contribution is -0.949. The van der Waals surface area contributed by atoms with Crippen LogP contribution in [0.2, 0.25) is 0 Å². The van der Waals surface area contributed by atoms with Crippen LogP contribution in [0.25, 0.3) is 0 Å². The van der Waals surface area contributed by atoms with Crippen LogP contribution in [0, 0.1) is 0 Å². The minimum absolute atomic E-state index is 0.363. The van der Waals surface area contributed by atoms with Crippen LogP contribution in [0.1, 0.15) is 25.8 Å². The number of aliphatic hydroxyl groups is 1. The first-order valence-corrected chi connectivity index (χ1v) is 6.74. The fourth-order valence-corrected chi connectivity index (χ4v) is 1.96. The van der Waals surface area contributed by atoms with Crippen molar-refractivity contribution >= 4 is 5.97 Å². The molecule has 1 aromatic carbocycles. The number of hydrogen-bond acceptors (Lipinski definition) is 3. The molecule has 0 amide bonds. The minimum Gasteiger partial charge on any atom is -0.423 e. The van der Waals surface area contributed by atoms with E-state index in [4.69, 9.17) is 4.74 Å². The largest absolute Gasteiger partial charge is 0.423 e. The molecule has 0 radical (unpaired) electrons. The molecule has 1 aromatic rings. The smallest absolute Gasteiger partial charge is 0.338 e. The van der Waals surface area contributed by atoms with E-state index in [9.17, 15) is 9.90 Å². The molecule has 1 N–H and O–H groups in total. The fraction of sp³-hybridized carbons (Fsp3) is 0.438. The lowest BCUT2D eigenvalue weighted by Gasteiger charge is -2.34. The monoisotopic (exact) mass is 278 g/mol. The minimum atomic E-state index is -0.458. The van der Waals surface area contributed by atoms with Crippen molar-refractivity contribution < 1.29 is 19.1 Å². The normalized spacial score (nSPS) is 12.8. The molecule has 0 aromatic heterocycles. The van der Waals surface area contributed by atoms with Crippen LogP contribution in [0.15, 0.2) is 36.4 Å². The highest BCUT2D eigenvalue weighted by Gasteiger charge is 2.26. The van der Waals surface area contributed by atoms with Crippen molar-refractivity contribution in [3.05, 3.63) is 42.0 Å². The molecule has 0 spiro atoms. The highest BCUT2D eigenvalue weighted by Crippen LogP contribution is 2.24. The van der Waals surface area contributed by atoms with Crippen LogP contribution >= 0.6 is 0 Å². The number of carbonyl (C=O) groups excluding carboxylic acids is 1. The first-order valence-electron chi connectivity index (χ1n) is 6.74. The van der Waals surface area contributed by atoms with Gasteiger partial charge in [-0.3, -0.25) is 4.48 Å². The Kier molecular flexibility index (Phi) is 5.48. The summed E-state index contributed by atoms with van der Waals surface area (Å²) in [5.41, 5.74) is 1.25. The van der Waals surface area contributed by atoms with Crippen molar-refractivity contribution in [1.29, 1.82) is 0 Å². The molecule has 110 valence electrons. The topological polar surface area (TPSA) is 46.5 Å². The van der Waals surface area contributed by atoms with E-state index < -0.39 is 12.2 Å². The molecule has 0 saturated carbocycles. The number of benzene rings is 1. The van der Waals surface area contributed by atoms with E-state index >= 15 is 0 Å². The van der Waals surface area contributed by atoms with Crippen molar-refractivity contribution in [3.8, 4) is 5.75 Å². The van der Waals surface area contributed by atoms with E-state index in [1.165, 1.54) is 0 Å². The molecule has 0 fully saturated rings. The average Bonchev–Trinajstić information content (AvgIpc) is 2.39. The van der Waals surface area contributed by atoms with Crippen molar-refractivity contribution in [1.82, 2.24) is 0 Å². The molecule has 0 saturated heterocycles. The summed E-state index contributed by atoms with van der Waals surface area (Å²) in [5, 5.41) is 10.1. The molecule has 1 unspecified atom stereocenters. The number of nitrogens with zero attached hydrogens (tertiary/aromatic N) is 1. The van der Waals surface area contributed by atoms with Gasteiger partial charge in [-0.05, 0) is 19.1 Å². The number of para-hydroxylation sites is 1. The molecule has 4 heteroatoms. The maximum Gasteiger partial charge on any atom is 0.338 e. The first-order chi connectivity index (χ1) is 9.27. The number of esters is 1. The highest BCUT2D eigenvalue weighted by atomic mass is 16.5. The van der Waals surface area contributed by atoms with E-state index in [-0.39, 0.29) is 0 Å². The summed E-state index contributed by atoms with van der Waals surface area (Å²) < 4.78 is 5.75. The second-order valence-corrected chi connectivity index (χ2v) is 5.60. The summed E-state index contributed by atoms with van der Waals surface area (Å²) in [6.07, 6.45) is 0.209. The van der Waals surface area contributed by atoms with Gasteiger partial charge in [-0.2, -0.15) is 0 Å². The van der Waals surface area contributed by atoms with Gasteiger partial charge in [0.25, 0.3) is 0 Å². The third-order valence-corrected chi connectivity index (χ3v) is 3.27. The van der Waals surface area contributed by atoms with Gasteiger partial charge in [-0.1, -0.05) is 25.6 Å². The third-order valence-electron chi connectivity index (χ3n) is 3.27. The van der Waals surface area contributed by atoms with Crippen LogP contribution in [-0.2, 0) is 11.3 Å². The number of rotatable bonds is 6. The van der Waals surface area contributed by atoms with Gasteiger partial charge in [0.1, 0.15) is 12.3 Å². The van der Waals surface area contributed by atoms with Crippen molar-refractivity contribution in [3.63, 3.8) is 0 Å². The Labute approximate surface area is 120 Å². The van der Waals surface area contributed by atoms with Gasteiger partial charge in [0.05, 0.1) is 14.1 Å². The number of aliphatic hydroxyl groups excluding tert-OH is 1. The van der Waals surface area contributed by atoms with Gasteiger partial charge in [-0.15, -0.1) is 0 Å². The molecule has 0 heterocycles. The van der Waals surface area contributed by atoms with Crippen LogP contribution in [-0.4, -0.2) is 35.9 Å². The number of hydrogen-bond donors (Lipinski definition) is 1. The van der Waals surface area contributed by atoms with Crippen LogP contribution < -0.4 is 4.74 Å². The number of quaternary nitrogens is 1. The molecule has 1 rings (SSSR count). The molecule has 0 aliphatic carbocycles. The zero-order chi connectivity index (χ0) is 15.3. The first kappa shape index (κ1) is 16.4. The van der Waals surface area contributed by atoms with E-state index in [1.807, 2.05) is 39.2 Å². The summed E-state index contributed by atoms with van der Waals surface area (Å²) >= 11 is 0. The maximum absolute atomic E-state index is 11.6. The number of carbonyl (C=O) groups is 1. The Hall–Kier alpha value is -1.65. The van der Waals surface area contributed by atoms with Crippen LogP contribution in [0.5, 0.6) is 5.75 Å². The summed E-state index contributed by atoms with van der Waals surface area (Å²) in [6, 6.07) is 7.38. The third kappa shape index (κ3) is 4.18. The molecular weight excluding hydrogens is 254 g/mol. The van der Waals surface area contributed by atoms with Gasteiger partial charge in [-0.25, -0.2) is 4.79 Å². The van der Waals surface area contributed by atoms with E-state index in [2.05, 4.69) is 6.58 Å². The van der Waals surface area contributed by atoms with Gasteiger partial charge in [0, 0.05) is 17.6 Å². The van der Waals surface area contributed by atoms with Crippen molar-refractivity contribution in [2.24, 2.45) is 0 Å². The molecule has 0 aliphatic rings. The van der Waals surface area contributed by atoms with E-state index in [1.54, 1.807) is 13.0 Å². The standard InChI is InChI=1S/C16H24NO3/c1-6-15(18)17(4,5)11-13-9-7-8-10-14(13)20-16(19)12(2)3/h7-10,15,18H,2,6,11H2,1,3-5H3/q+1. The quantitative estimate of drug-likeness (QED) is 0.286. The van der Waals surface area contributed by atoms with E-state index in [0.717, 1.165) is 5.56 Å². The summed E-state index contributed by atoms with van der Waals surface area (Å²) in [4.78, 5) is 11.6. The molecule has 4 nitrogen and oxygen atoms in total. The zero-order valence-corrected chi connectivity index (χ0v) is 12.7. The van der Waals surface area contributed by atoms with Crippen LogP contribution in [0.4, 0.5) is 0 Å². The Balaban J connectivity index is 2.96. The Morgan fingerprint density at radius 2 is 2.00 bits per heavy atom. The number of ether oxygens (including phenoxy) is 1. The van der Waals surface area contributed by atoms with Gasteiger partial charge < -0.3 is 9.84 Å². The molecule has 0 bridgehead atoms. The molecular formula is C16H24NO3+. The average molecular weight is 278 g/mol. The van der Waals surface area contributed by atoms with Crippen molar-refractivity contribution in [2.75, 3.05) is 14.1 Å². The molecule has 1 atom stereocenters. The van der Waals surface area contributed by atoms with Crippen molar-refractivity contribution in [2.45, 2.75) is 33.0 Å². The summed E-state index contributed by atoms with van der Waals surface area (Å²) in [7, 11) is 3.90. The van der Waals surface area contributed by atoms with E-state index in [0.29, 0.717) is 28.8 Å². The van der Waals surface area contributed by atoms with Crippen LogP contribution in [0.3, 0.4) is 0 Å². The Morgan fingerprint density at radius 3 is 2.55 bits per heavy atom. The van der Waals surface area contributed by atoms with Gasteiger partial charge >= 0.3 is 5.97 Å². The predicted molar refractivity (Wildman–Crippen MR) is 79.0 cm³/mol. The lowest BCUT2D eigenvalue weighted by Crippen LogP contribution is -2.47. The highest BCUT2D eigenvalue weighted by molar-refractivity contribution is 5.88. The van der Waals surface area contributed by atoms with Gasteiger partial charge in [0.15, 0.2) is 6.23 Å². The Morgan fingerprint density at radius 1 is 1.40 bits per heavy atom. The molecule has 20 heavy (non-hydrogen) atoms. The molecule has 0 aliphatic heterocycles.